The van der Waals surface area contributed by atoms with E-state index in [0.717, 1.165) is 0 Å². The van der Waals surface area contributed by atoms with Crippen molar-refractivity contribution in [2.45, 2.75) is 6.10 Å². The van der Waals surface area contributed by atoms with Crippen LogP contribution in [0.2, 0.25) is 0 Å². The molecule has 0 bridgehead atoms. The Balaban J connectivity index is 2.25. The predicted octanol–water partition coefficient (Wildman–Crippen LogP) is 1.59. The monoisotopic (exact) mass is 266 g/mol. The Bertz CT molecular complexity index is 302. The molecule has 0 aromatic rings. The number of rotatable bonds is 11. The second-order valence-electron chi connectivity index (χ2n) is 3.97. The lowest BCUT2D eigenvalue weighted by Gasteiger charge is -2.24. The van der Waals surface area contributed by atoms with Gasteiger partial charge in [-0.3, -0.25) is 4.99 Å². The summed E-state index contributed by atoms with van der Waals surface area (Å²) < 4.78 is 16.6. The molecule has 0 fully saturated rings. The third kappa shape index (κ3) is 7.56. The summed E-state index contributed by atoms with van der Waals surface area (Å²) in [4.78, 5) is 6.10. The topological polar surface area (TPSA) is 43.3 Å². The van der Waals surface area contributed by atoms with Gasteiger partial charge in [0, 0.05) is 12.4 Å². The highest BCUT2D eigenvalue weighted by Crippen LogP contribution is 2.01. The highest BCUT2D eigenvalue weighted by molar-refractivity contribution is 5.71. The van der Waals surface area contributed by atoms with E-state index < -0.39 is 0 Å². The molecule has 19 heavy (non-hydrogen) atoms. The van der Waals surface area contributed by atoms with Gasteiger partial charge in [-0.25, -0.2) is 0 Å². The van der Waals surface area contributed by atoms with Crippen LogP contribution >= 0.6 is 0 Å². The van der Waals surface area contributed by atoms with Gasteiger partial charge >= 0.3 is 0 Å². The van der Waals surface area contributed by atoms with E-state index in [1.807, 2.05) is 17.2 Å². The Kier molecular flexibility index (Phi) is 8.63. The van der Waals surface area contributed by atoms with Crippen LogP contribution in [0.5, 0.6) is 0 Å². The SMILES string of the molecule is C=CCOCC(COCC=C)OCN1C=CC=NC1. The number of hydrogen-bond acceptors (Lipinski definition) is 5. The third-order valence-corrected chi connectivity index (χ3v) is 2.31. The minimum Gasteiger partial charge on any atom is -0.375 e. The standard InChI is InChI=1S/C14H22N2O3/c1-3-8-17-10-14(11-18-9-4-2)19-13-16-7-5-6-15-12-16/h3-7,14H,1-2,8-13H2. The molecule has 0 aliphatic carbocycles. The highest BCUT2D eigenvalue weighted by atomic mass is 16.6. The van der Waals surface area contributed by atoms with Crippen molar-refractivity contribution in [1.29, 1.82) is 0 Å². The van der Waals surface area contributed by atoms with E-state index in [1.54, 1.807) is 18.4 Å². The lowest BCUT2D eigenvalue weighted by Crippen LogP contribution is -2.32. The summed E-state index contributed by atoms with van der Waals surface area (Å²) in [6, 6.07) is 0. The van der Waals surface area contributed by atoms with Crippen molar-refractivity contribution in [1.82, 2.24) is 4.90 Å². The van der Waals surface area contributed by atoms with Crippen LogP contribution < -0.4 is 0 Å². The summed E-state index contributed by atoms with van der Waals surface area (Å²) in [7, 11) is 0. The fraction of sp³-hybridized carbons (Fsp3) is 0.500. The van der Waals surface area contributed by atoms with E-state index in [0.29, 0.717) is 39.8 Å². The third-order valence-electron chi connectivity index (χ3n) is 2.31. The van der Waals surface area contributed by atoms with Gasteiger partial charge in [0.05, 0.1) is 26.4 Å². The minimum absolute atomic E-state index is 0.112. The zero-order valence-corrected chi connectivity index (χ0v) is 11.2. The van der Waals surface area contributed by atoms with E-state index >= 15 is 0 Å². The Morgan fingerprint density at radius 3 is 2.42 bits per heavy atom. The van der Waals surface area contributed by atoms with Crippen LogP contribution in [0, 0.1) is 0 Å². The molecular formula is C14H22N2O3. The van der Waals surface area contributed by atoms with Crippen LogP contribution in [0.3, 0.4) is 0 Å². The zero-order valence-electron chi connectivity index (χ0n) is 11.2. The summed E-state index contributed by atoms with van der Waals surface area (Å²) in [5, 5.41) is 0. The minimum atomic E-state index is -0.112. The van der Waals surface area contributed by atoms with Crippen LogP contribution in [0.1, 0.15) is 0 Å². The van der Waals surface area contributed by atoms with E-state index in [-0.39, 0.29) is 6.10 Å². The Hall–Kier alpha value is -1.43. The molecule has 0 amide bonds. The van der Waals surface area contributed by atoms with Gasteiger partial charge in [0.25, 0.3) is 0 Å². The van der Waals surface area contributed by atoms with Crippen molar-refractivity contribution in [3.8, 4) is 0 Å². The molecular weight excluding hydrogens is 244 g/mol. The first kappa shape index (κ1) is 15.6. The number of nitrogens with zero attached hydrogens (tertiary/aromatic N) is 2. The van der Waals surface area contributed by atoms with Crippen LogP contribution in [0.25, 0.3) is 0 Å². The average Bonchev–Trinajstić information content (AvgIpc) is 2.45. The number of ether oxygens (including phenoxy) is 3. The van der Waals surface area contributed by atoms with Crippen molar-refractivity contribution < 1.29 is 14.2 Å². The fourth-order valence-corrected chi connectivity index (χ4v) is 1.42. The first-order chi connectivity index (χ1) is 9.36. The van der Waals surface area contributed by atoms with Crippen molar-refractivity contribution in [3.05, 3.63) is 37.6 Å². The molecule has 0 unspecified atom stereocenters. The van der Waals surface area contributed by atoms with Gasteiger partial charge in [-0.2, -0.15) is 0 Å². The Morgan fingerprint density at radius 1 is 1.21 bits per heavy atom. The van der Waals surface area contributed by atoms with Gasteiger partial charge in [-0.05, 0) is 6.08 Å². The fourth-order valence-electron chi connectivity index (χ4n) is 1.42. The Labute approximate surface area is 114 Å². The zero-order chi connectivity index (χ0) is 13.8. The molecule has 5 heteroatoms. The van der Waals surface area contributed by atoms with Crippen LogP contribution in [0.4, 0.5) is 0 Å². The summed E-state index contributed by atoms with van der Waals surface area (Å²) in [6.45, 7) is 10.3. The molecule has 0 saturated heterocycles. The highest BCUT2D eigenvalue weighted by Gasteiger charge is 2.11. The maximum absolute atomic E-state index is 5.76. The molecule has 0 atom stereocenters. The largest absolute Gasteiger partial charge is 0.375 e. The first-order valence-corrected chi connectivity index (χ1v) is 6.26. The van der Waals surface area contributed by atoms with E-state index in [2.05, 4.69) is 18.2 Å². The summed E-state index contributed by atoms with van der Waals surface area (Å²) in [6.07, 6.45) is 8.91. The molecule has 1 aliphatic rings. The lowest BCUT2D eigenvalue weighted by molar-refractivity contribution is -0.0775. The molecule has 1 aliphatic heterocycles. The van der Waals surface area contributed by atoms with Crippen LogP contribution in [-0.4, -0.2) is 57.0 Å². The normalized spacial score (nSPS) is 14.1. The Morgan fingerprint density at radius 2 is 1.89 bits per heavy atom. The van der Waals surface area contributed by atoms with Gasteiger partial charge < -0.3 is 19.1 Å². The maximum Gasteiger partial charge on any atom is 0.120 e. The van der Waals surface area contributed by atoms with Crippen molar-refractivity contribution in [3.63, 3.8) is 0 Å². The quantitative estimate of drug-likeness (QED) is 0.421. The molecule has 0 radical (unpaired) electrons. The second-order valence-corrected chi connectivity index (χ2v) is 3.97. The average molecular weight is 266 g/mol. The van der Waals surface area contributed by atoms with Crippen molar-refractivity contribution in [2.75, 3.05) is 39.8 Å². The summed E-state index contributed by atoms with van der Waals surface area (Å²) in [5.41, 5.74) is 0. The predicted molar refractivity (Wildman–Crippen MR) is 76.1 cm³/mol. The van der Waals surface area contributed by atoms with Gasteiger partial charge in [0.2, 0.25) is 0 Å². The molecule has 1 rings (SSSR count). The van der Waals surface area contributed by atoms with E-state index in [4.69, 9.17) is 14.2 Å². The number of hydrogen-bond donors (Lipinski definition) is 0. The molecule has 0 aromatic heterocycles. The number of allylic oxidation sites excluding steroid dienone is 1. The van der Waals surface area contributed by atoms with E-state index in [9.17, 15) is 0 Å². The maximum atomic E-state index is 5.76. The smallest absolute Gasteiger partial charge is 0.120 e. The summed E-state index contributed by atoms with van der Waals surface area (Å²) in [5.74, 6) is 0. The van der Waals surface area contributed by atoms with Crippen molar-refractivity contribution in [2.24, 2.45) is 4.99 Å². The number of aliphatic imine (C=N–C) groups is 1. The van der Waals surface area contributed by atoms with Gasteiger partial charge in [-0.15, -0.1) is 13.2 Å². The van der Waals surface area contributed by atoms with Crippen molar-refractivity contribution >= 4 is 6.21 Å². The molecule has 0 aromatic carbocycles. The lowest BCUT2D eigenvalue weighted by atomic mass is 10.4. The summed E-state index contributed by atoms with van der Waals surface area (Å²) >= 11 is 0. The van der Waals surface area contributed by atoms with Crippen LogP contribution in [0.15, 0.2) is 42.6 Å². The molecule has 5 nitrogen and oxygen atoms in total. The van der Waals surface area contributed by atoms with E-state index in [1.165, 1.54) is 0 Å². The second kappa shape index (κ2) is 10.5. The molecule has 0 saturated carbocycles. The van der Waals surface area contributed by atoms with Gasteiger partial charge in [0.1, 0.15) is 19.5 Å². The molecule has 0 N–H and O–H groups in total. The molecule has 106 valence electrons. The van der Waals surface area contributed by atoms with Crippen LogP contribution in [-0.2, 0) is 14.2 Å². The molecule has 0 spiro atoms. The first-order valence-electron chi connectivity index (χ1n) is 6.26. The van der Waals surface area contributed by atoms with Gasteiger partial charge in [0.15, 0.2) is 0 Å². The van der Waals surface area contributed by atoms with Gasteiger partial charge in [-0.1, -0.05) is 12.2 Å². The molecule has 1 heterocycles.